The summed E-state index contributed by atoms with van der Waals surface area (Å²) in [6.07, 6.45) is 8.32. The maximum Gasteiger partial charge on any atom is 0.211 e. The van der Waals surface area contributed by atoms with E-state index in [4.69, 9.17) is 9.73 Å². The molecule has 3 fully saturated rings. The third kappa shape index (κ3) is 4.59. The minimum atomic E-state index is -3.06. The first-order valence-corrected chi connectivity index (χ1v) is 12.4. The molecule has 7 nitrogen and oxygen atoms in total. The predicted octanol–water partition coefficient (Wildman–Crippen LogP) is 1.56. The lowest BCUT2D eigenvalue weighted by Crippen LogP contribution is -2.68. The molecule has 3 rings (SSSR count). The number of hydrogen-bond acceptors (Lipinski definition) is 4. The van der Waals surface area contributed by atoms with Crippen molar-refractivity contribution >= 4 is 16.0 Å². The molecule has 1 spiro atoms. The van der Waals surface area contributed by atoms with Crippen LogP contribution >= 0.6 is 0 Å². The highest BCUT2D eigenvalue weighted by Crippen LogP contribution is 2.57. The van der Waals surface area contributed by atoms with Crippen LogP contribution in [0.2, 0.25) is 0 Å². The van der Waals surface area contributed by atoms with Gasteiger partial charge in [-0.25, -0.2) is 12.7 Å². The second-order valence-electron chi connectivity index (χ2n) is 8.29. The van der Waals surface area contributed by atoms with E-state index in [0.29, 0.717) is 36.6 Å². The van der Waals surface area contributed by atoms with Gasteiger partial charge in [0.1, 0.15) is 0 Å². The van der Waals surface area contributed by atoms with Crippen LogP contribution in [0.15, 0.2) is 4.99 Å². The minimum Gasteiger partial charge on any atom is -0.378 e. The van der Waals surface area contributed by atoms with Crippen molar-refractivity contribution in [3.8, 4) is 0 Å². The first-order chi connectivity index (χ1) is 12.9. The third-order valence-corrected chi connectivity index (χ3v) is 7.95. The maximum absolute atomic E-state index is 11.6. The van der Waals surface area contributed by atoms with Gasteiger partial charge < -0.3 is 15.4 Å². The number of guanidine groups is 1. The van der Waals surface area contributed by atoms with Gasteiger partial charge in [0.25, 0.3) is 0 Å². The number of nitrogens with one attached hydrogen (secondary N) is 2. The van der Waals surface area contributed by atoms with Crippen LogP contribution in [-0.2, 0) is 14.8 Å². The highest BCUT2D eigenvalue weighted by atomic mass is 32.2. The fourth-order valence-electron chi connectivity index (χ4n) is 4.77. The van der Waals surface area contributed by atoms with Crippen LogP contribution in [0.5, 0.6) is 0 Å². The molecule has 0 bridgehead atoms. The number of sulfonamides is 1. The molecule has 0 radical (unpaired) electrons. The Morgan fingerprint density at radius 1 is 1.26 bits per heavy atom. The molecular weight excluding hydrogens is 364 g/mol. The molecule has 2 N–H and O–H groups in total. The molecule has 2 saturated carbocycles. The van der Waals surface area contributed by atoms with Crippen LogP contribution in [0.4, 0.5) is 0 Å². The van der Waals surface area contributed by atoms with Crippen LogP contribution in [0.3, 0.4) is 0 Å². The monoisotopic (exact) mass is 400 g/mol. The van der Waals surface area contributed by atoms with E-state index in [9.17, 15) is 8.42 Å². The minimum absolute atomic E-state index is 0.313. The smallest absolute Gasteiger partial charge is 0.211 e. The summed E-state index contributed by atoms with van der Waals surface area (Å²) in [5.74, 6) is 1.35. The van der Waals surface area contributed by atoms with Crippen molar-refractivity contribution in [1.82, 2.24) is 14.9 Å². The molecule has 1 aliphatic heterocycles. The number of hydrogen-bond donors (Lipinski definition) is 2. The van der Waals surface area contributed by atoms with Crippen molar-refractivity contribution in [1.29, 1.82) is 0 Å². The first-order valence-electron chi connectivity index (χ1n) is 10.5. The average Bonchev–Trinajstić information content (AvgIpc) is 2.56. The molecule has 1 saturated heterocycles. The molecule has 2 unspecified atom stereocenters. The second kappa shape index (κ2) is 8.66. The maximum atomic E-state index is 11.6. The summed E-state index contributed by atoms with van der Waals surface area (Å²) in [5.41, 5.74) is 0.313. The summed E-state index contributed by atoms with van der Waals surface area (Å²) in [6, 6.07) is 0.452. The van der Waals surface area contributed by atoms with Gasteiger partial charge in [-0.15, -0.1) is 0 Å². The van der Waals surface area contributed by atoms with Crippen molar-refractivity contribution in [2.45, 2.75) is 64.5 Å². The topological polar surface area (TPSA) is 83.0 Å². The zero-order valence-corrected chi connectivity index (χ0v) is 17.9. The number of nitrogens with zero attached hydrogens (tertiary/aromatic N) is 2. The Hall–Kier alpha value is -0.860. The summed E-state index contributed by atoms with van der Waals surface area (Å²) in [7, 11) is -3.06. The summed E-state index contributed by atoms with van der Waals surface area (Å²) < 4.78 is 30.8. The summed E-state index contributed by atoms with van der Waals surface area (Å²) in [6.45, 7) is 7.78. The third-order valence-electron chi connectivity index (χ3n) is 6.64. The van der Waals surface area contributed by atoms with Crippen molar-refractivity contribution in [2.75, 3.05) is 39.0 Å². The van der Waals surface area contributed by atoms with Crippen LogP contribution < -0.4 is 10.6 Å². The van der Waals surface area contributed by atoms with E-state index >= 15 is 0 Å². The lowest BCUT2D eigenvalue weighted by Gasteiger charge is -2.61. The van der Waals surface area contributed by atoms with Gasteiger partial charge in [0, 0.05) is 44.2 Å². The van der Waals surface area contributed by atoms with Crippen molar-refractivity contribution in [2.24, 2.45) is 16.3 Å². The zero-order valence-electron chi connectivity index (χ0n) is 17.0. The lowest BCUT2D eigenvalue weighted by molar-refractivity contribution is -0.168. The van der Waals surface area contributed by atoms with E-state index in [0.717, 1.165) is 44.9 Å². The van der Waals surface area contributed by atoms with Gasteiger partial charge in [-0.3, -0.25) is 4.99 Å². The normalized spacial score (nSPS) is 29.2. The van der Waals surface area contributed by atoms with Gasteiger partial charge >= 0.3 is 0 Å². The van der Waals surface area contributed by atoms with E-state index < -0.39 is 10.0 Å². The molecule has 2 atom stereocenters. The Balaban J connectivity index is 1.52. The van der Waals surface area contributed by atoms with E-state index in [1.807, 2.05) is 0 Å². The molecule has 0 amide bonds. The van der Waals surface area contributed by atoms with E-state index in [2.05, 4.69) is 24.5 Å². The molecule has 8 heteroatoms. The summed E-state index contributed by atoms with van der Waals surface area (Å²) in [4.78, 5) is 4.83. The average molecular weight is 401 g/mol. The number of piperidine rings is 1. The number of aliphatic imine (C=N–C) groups is 1. The van der Waals surface area contributed by atoms with Crippen molar-refractivity contribution in [3.63, 3.8) is 0 Å². The van der Waals surface area contributed by atoms with Gasteiger partial charge in [-0.2, -0.15) is 0 Å². The fourth-order valence-corrected chi connectivity index (χ4v) is 5.64. The molecule has 27 heavy (non-hydrogen) atoms. The van der Waals surface area contributed by atoms with Crippen LogP contribution in [-0.4, -0.2) is 69.9 Å². The predicted molar refractivity (Wildman–Crippen MR) is 108 cm³/mol. The van der Waals surface area contributed by atoms with E-state index in [-0.39, 0.29) is 0 Å². The Labute approximate surface area is 164 Å². The van der Waals surface area contributed by atoms with Gasteiger partial charge in [-0.05, 0) is 51.9 Å². The van der Waals surface area contributed by atoms with Gasteiger partial charge in [0.05, 0.1) is 12.4 Å². The van der Waals surface area contributed by atoms with Gasteiger partial charge in [0.15, 0.2) is 5.96 Å². The Bertz CT molecular complexity index is 625. The second-order valence-corrected chi connectivity index (χ2v) is 10.3. The Morgan fingerprint density at radius 3 is 2.48 bits per heavy atom. The standard InChI is InChI=1S/C19H36N4O3S/c1-4-20-18(21-14-15-7-11-23(12-8-15)27(3,24)25)22-16-13-17(26-5-2)19(16)9-6-10-19/h15-17H,4-14H2,1-3H3,(H2,20,21,22). The van der Waals surface area contributed by atoms with Crippen LogP contribution in [0.1, 0.15) is 52.4 Å². The SMILES string of the molecule is CCNC(=NCC1CCN(S(C)(=O)=O)CC1)NC1CC(OCC)C12CCC2. The van der Waals surface area contributed by atoms with Crippen LogP contribution in [0, 0.1) is 11.3 Å². The summed E-state index contributed by atoms with van der Waals surface area (Å²) >= 11 is 0. The zero-order chi connectivity index (χ0) is 19.5. The first kappa shape index (κ1) is 20.9. The highest BCUT2D eigenvalue weighted by molar-refractivity contribution is 7.88. The molecule has 0 aromatic carbocycles. The molecule has 156 valence electrons. The lowest BCUT2D eigenvalue weighted by atomic mass is 9.51. The number of ether oxygens (including phenoxy) is 1. The van der Waals surface area contributed by atoms with Gasteiger partial charge in [-0.1, -0.05) is 6.42 Å². The largest absolute Gasteiger partial charge is 0.378 e. The number of rotatable bonds is 7. The molecular formula is C19H36N4O3S. The Morgan fingerprint density at radius 2 is 1.96 bits per heavy atom. The molecule has 2 aliphatic carbocycles. The van der Waals surface area contributed by atoms with Crippen LogP contribution in [0.25, 0.3) is 0 Å². The van der Waals surface area contributed by atoms with E-state index in [1.165, 1.54) is 25.5 Å². The Kier molecular flexibility index (Phi) is 6.69. The summed E-state index contributed by atoms with van der Waals surface area (Å²) in [5, 5.41) is 7.04. The molecule has 1 heterocycles. The quantitative estimate of drug-likeness (QED) is 0.501. The van der Waals surface area contributed by atoms with E-state index in [1.54, 1.807) is 4.31 Å². The molecule has 0 aromatic heterocycles. The van der Waals surface area contributed by atoms with Crippen molar-refractivity contribution < 1.29 is 13.2 Å². The van der Waals surface area contributed by atoms with Crippen molar-refractivity contribution in [3.05, 3.63) is 0 Å². The highest BCUT2D eigenvalue weighted by Gasteiger charge is 2.59. The molecule has 3 aliphatic rings. The van der Waals surface area contributed by atoms with Gasteiger partial charge in [0.2, 0.25) is 10.0 Å². The fraction of sp³-hybridized carbons (Fsp3) is 0.947. The molecule has 0 aromatic rings.